The fourth-order valence-electron chi connectivity index (χ4n) is 4.50. The van der Waals surface area contributed by atoms with Crippen LogP contribution >= 0.6 is 11.6 Å². The third-order valence-electron chi connectivity index (χ3n) is 6.15. The lowest BCUT2D eigenvalue weighted by Gasteiger charge is -2.44. The molecule has 6 heteroatoms. The summed E-state index contributed by atoms with van der Waals surface area (Å²) >= 11 is 5.96. The van der Waals surface area contributed by atoms with Crippen LogP contribution in [0.25, 0.3) is 16.8 Å². The van der Waals surface area contributed by atoms with Crippen molar-refractivity contribution >= 4 is 17.3 Å². The molecule has 0 spiro atoms. The van der Waals surface area contributed by atoms with Gasteiger partial charge in [0.2, 0.25) is 0 Å². The topological polar surface area (TPSA) is 28.5 Å². The van der Waals surface area contributed by atoms with Gasteiger partial charge in [-0.1, -0.05) is 23.7 Å². The minimum atomic E-state index is -0.280. The van der Waals surface area contributed by atoms with Crippen molar-refractivity contribution in [2.24, 2.45) is 0 Å². The number of likely N-dealkylation sites (tertiary alicyclic amines) is 1. The van der Waals surface area contributed by atoms with Gasteiger partial charge in [0.05, 0.1) is 6.04 Å². The van der Waals surface area contributed by atoms with Crippen molar-refractivity contribution in [3.8, 4) is 16.8 Å². The quantitative estimate of drug-likeness (QED) is 0.616. The first-order valence-corrected chi connectivity index (χ1v) is 10.7. The predicted molar refractivity (Wildman–Crippen MR) is 120 cm³/mol. The second-order valence-corrected chi connectivity index (χ2v) is 8.43. The Morgan fingerprint density at radius 3 is 2.53 bits per heavy atom. The lowest BCUT2D eigenvalue weighted by atomic mass is 10.1. The van der Waals surface area contributed by atoms with Gasteiger partial charge in [0.25, 0.3) is 5.56 Å². The van der Waals surface area contributed by atoms with Crippen LogP contribution in [0.15, 0.2) is 65.6 Å². The van der Waals surface area contributed by atoms with Gasteiger partial charge in [-0.25, -0.2) is 4.39 Å². The van der Waals surface area contributed by atoms with Gasteiger partial charge < -0.3 is 4.90 Å². The second kappa shape index (κ2) is 7.89. The SMILES string of the molecule is O=c1cc(-c2ccc(Cl)cc2)ccn1-c1ccc2c(c1)CCN2C1CN(CCF)C1. The van der Waals surface area contributed by atoms with Crippen LogP contribution in [0, 0.1) is 0 Å². The second-order valence-electron chi connectivity index (χ2n) is 7.99. The Morgan fingerprint density at radius 1 is 1.00 bits per heavy atom. The first-order valence-electron chi connectivity index (χ1n) is 10.3. The number of anilines is 1. The van der Waals surface area contributed by atoms with Gasteiger partial charge in [0.1, 0.15) is 6.67 Å². The van der Waals surface area contributed by atoms with E-state index < -0.39 is 0 Å². The van der Waals surface area contributed by atoms with Crippen molar-refractivity contribution in [1.82, 2.24) is 9.47 Å². The Morgan fingerprint density at radius 2 is 1.80 bits per heavy atom. The van der Waals surface area contributed by atoms with Crippen LogP contribution in [0.5, 0.6) is 0 Å². The van der Waals surface area contributed by atoms with E-state index in [1.807, 2.05) is 42.6 Å². The summed E-state index contributed by atoms with van der Waals surface area (Å²) in [7, 11) is 0. The van der Waals surface area contributed by atoms with Crippen LogP contribution in [-0.2, 0) is 6.42 Å². The standard InChI is InChI=1S/C24H23ClFN3O/c25-20-3-1-17(2-4-20)18-7-11-29(24(30)14-18)21-5-6-23-19(13-21)8-10-28(23)22-15-27(16-22)12-9-26/h1-7,11,13-14,22H,8-10,12,15-16H2. The van der Waals surface area contributed by atoms with E-state index in [0.29, 0.717) is 17.6 Å². The number of aromatic nitrogens is 1. The number of alkyl halides is 1. The Kier molecular flexibility index (Phi) is 5.09. The molecule has 1 saturated heterocycles. The molecule has 30 heavy (non-hydrogen) atoms. The van der Waals surface area contributed by atoms with E-state index in [1.54, 1.807) is 10.6 Å². The zero-order valence-electron chi connectivity index (χ0n) is 16.6. The number of rotatable bonds is 5. The first-order chi connectivity index (χ1) is 14.6. The van der Waals surface area contributed by atoms with Crippen molar-refractivity contribution in [3.05, 3.63) is 81.7 Å². The average molecular weight is 424 g/mol. The van der Waals surface area contributed by atoms with Crippen molar-refractivity contribution in [3.63, 3.8) is 0 Å². The lowest BCUT2D eigenvalue weighted by molar-refractivity contribution is 0.135. The van der Waals surface area contributed by atoms with E-state index >= 15 is 0 Å². The van der Waals surface area contributed by atoms with E-state index in [4.69, 9.17) is 11.6 Å². The highest BCUT2D eigenvalue weighted by molar-refractivity contribution is 6.30. The maximum absolute atomic E-state index is 12.8. The normalized spacial score (nSPS) is 16.5. The van der Waals surface area contributed by atoms with Crippen LogP contribution in [0.1, 0.15) is 5.56 Å². The molecule has 0 amide bonds. The van der Waals surface area contributed by atoms with Gasteiger partial charge in [-0.3, -0.25) is 14.3 Å². The summed E-state index contributed by atoms with van der Waals surface area (Å²) in [6.07, 6.45) is 2.81. The maximum atomic E-state index is 12.8. The van der Waals surface area contributed by atoms with E-state index in [-0.39, 0.29) is 12.2 Å². The Balaban J connectivity index is 1.37. The Bertz CT molecular complexity index is 1120. The molecule has 2 aliphatic heterocycles. The van der Waals surface area contributed by atoms with Gasteiger partial charge >= 0.3 is 0 Å². The molecule has 0 radical (unpaired) electrons. The fourth-order valence-corrected chi connectivity index (χ4v) is 4.62. The summed E-state index contributed by atoms with van der Waals surface area (Å²) in [5, 5.41) is 0.677. The van der Waals surface area contributed by atoms with Gasteiger partial charge in [0.15, 0.2) is 0 Å². The highest BCUT2D eigenvalue weighted by atomic mass is 35.5. The van der Waals surface area contributed by atoms with Crippen molar-refractivity contribution < 1.29 is 4.39 Å². The fraction of sp³-hybridized carbons (Fsp3) is 0.292. The molecule has 2 aromatic carbocycles. The van der Waals surface area contributed by atoms with Gasteiger partial charge in [0, 0.05) is 54.8 Å². The smallest absolute Gasteiger partial charge is 0.255 e. The highest BCUT2D eigenvalue weighted by Gasteiger charge is 2.34. The molecule has 3 aromatic rings. The largest absolute Gasteiger partial charge is 0.365 e. The molecule has 0 saturated carbocycles. The lowest BCUT2D eigenvalue weighted by Crippen LogP contribution is -2.59. The number of fused-ring (bicyclic) bond motifs is 1. The zero-order chi connectivity index (χ0) is 20.7. The van der Waals surface area contributed by atoms with Crippen LogP contribution in [0.2, 0.25) is 5.02 Å². The molecule has 0 unspecified atom stereocenters. The van der Waals surface area contributed by atoms with Crippen LogP contribution in [0.4, 0.5) is 10.1 Å². The van der Waals surface area contributed by atoms with E-state index in [1.165, 1.54) is 11.3 Å². The summed E-state index contributed by atoms with van der Waals surface area (Å²) in [5.74, 6) is 0. The molecule has 1 aromatic heterocycles. The third kappa shape index (κ3) is 3.53. The van der Waals surface area contributed by atoms with Crippen molar-refractivity contribution in [1.29, 1.82) is 0 Å². The molecule has 154 valence electrons. The number of pyridine rings is 1. The zero-order valence-corrected chi connectivity index (χ0v) is 17.4. The molecule has 2 aliphatic rings. The molecule has 0 atom stereocenters. The summed E-state index contributed by atoms with van der Waals surface area (Å²) in [4.78, 5) is 17.4. The van der Waals surface area contributed by atoms with E-state index in [2.05, 4.69) is 21.9 Å². The summed E-state index contributed by atoms with van der Waals surface area (Å²) in [6.45, 7) is 3.09. The molecule has 0 aliphatic carbocycles. The van der Waals surface area contributed by atoms with Crippen molar-refractivity contribution in [2.75, 3.05) is 37.8 Å². The molecule has 3 heterocycles. The summed E-state index contributed by atoms with van der Waals surface area (Å²) < 4.78 is 14.2. The molecule has 4 nitrogen and oxygen atoms in total. The third-order valence-corrected chi connectivity index (χ3v) is 6.40. The minimum absolute atomic E-state index is 0.0573. The summed E-state index contributed by atoms with van der Waals surface area (Å²) in [5.41, 5.74) is 5.19. The van der Waals surface area contributed by atoms with Crippen LogP contribution in [-0.4, -0.2) is 48.4 Å². The molecule has 1 fully saturated rings. The first kappa shape index (κ1) is 19.3. The van der Waals surface area contributed by atoms with E-state index in [0.717, 1.165) is 42.9 Å². The highest BCUT2D eigenvalue weighted by Crippen LogP contribution is 2.33. The predicted octanol–water partition coefficient (Wildman–Crippen LogP) is 4.17. The number of hydrogen-bond donors (Lipinski definition) is 0. The molecule has 0 bridgehead atoms. The van der Waals surface area contributed by atoms with Crippen LogP contribution in [0.3, 0.4) is 0 Å². The molecule has 5 rings (SSSR count). The maximum Gasteiger partial charge on any atom is 0.255 e. The van der Waals surface area contributed by atoms with Gasteiger partial charge in [-0.15, -0.1) is 0 Å². The number of benzene rings is 2. The monoisotopic (exact) mass is 423 g/mol. The molecular formula is C24H23ClFN3O. The van der Waals surface area contributed by atoms with Crippen molar-refractivity contribution in [2.45, 2.75) is 12.5 Å². The number of nitrogens with zero attached hydrogens (tertiary/aromatic N) is 3. The molecule has 0 N–H and O–H groups in total. The van der Waals surface area contributed by atoms with E-state index in [9.17, 15) is 9.18 Å². The van der Waals surface area contributed by atoms with Gasteiger partial charge in [-0.05, 0) is 59.5 Å². The number of halogens is 2. The average Bonchev–Trinajstić information content (AvgIpc) is 3.13. The Labute approximate surface area is 180 Å². The minimum Gasteiger partial charge on any atom is -0.365 e. The number of hydrogen-bond acceptors (Lipinski definition) is 3. The Hall–Kier alpha value is -2.63. The summed E-state index contributed by atoms with van der Waals surface area (Å²) in [6, 6.07) is 17.8. The van der Waals surface area contributed by atoms with Gasteiger partial charge in [-0.2, -0.15) is 0 Å². The van der Waals surface area contributed by atoms with Crippen LogP contribution < -0.4 is 10.5 Å². The molecular weight excluding hydrogens is 401 g/mol.